The fraction of sp³-hybridized carbons (Fsp3) is 0.429. The molecule has 2 amide bonds. The van der Waals surface area contributed by atoms with Gasteiger partial charge < -0.3 is 14.8 Å². The highest BCUT2D eigenvalue weighted by molar-refractivity contribution is 5.96. The lowest BCUT2D eigenvalue weighted by Gasteiger charge is -2.20. The Labute approximate surface area is 118 Å². The van der Waals surface area contributed by atoms with Gasteiger partial charge in [-0.3, -0.25) is 10.1 Å². The van der Waals surface area contributed by atoms with Crippen molar-refractivity contribution in [3.05, 3.63) is 23.8 Å². The van der Waals surface area contributed by atoms with Gasteiger partial charge in [0, 0.05) is 12.6 Å². The van der Waals surface area contributed by atoms with E-state index < -0.39 is 11.7 Å². The third-order valence-corrected chi connectivity index (χ3v) is 2.33. The number of amides is 2. The van der Waals surface area contributed by atoms with Gasteiger partial charge in [0.15, 0.2) is 0 Å². The summed E-state index contributed by atoms with van der Waals surface area (Å²) in [6.45, 7) is 5.33. The van der Waals surface area contributed by atoms with E-state index >= 15 is 0 Å². The summed E-state index contributed by atoms with van der Waals surface area (Å²) in [6.07, 6.45) is -0.580. The molecule has 110 valence electrons. The van der Waals surface area contributed by atoms with E-state index in [2.05, 4.69) is 10.6 Å². The smallest absolute Gasteiger partial charge is 0.412 e. The van der Waals surface area contributed by atoms with Crippen molar-refractivity contribution >= 4 is 17.7 Å². The van der Waals surface area contributed by atoms with Crippen molar-refractivity contribution in [2.75, 3.05) is 19.5 Å². The predicted molar refractivity (Wildman–Crippen MR) is 76.2 cm³/mol. The highest BCUT2D eigenvalue weighted by Crippen LogP contribution is 2.26. The second-order valence-electron chi connectivity index (χ2n) is 5.12. The quantitative estimate of drug-likeness (QED) is 0.891. The number of ether oxygens (including phenoxy) is 2. The van der Waals surface area contributed by atoms with E-state index in [-0.39, 0.29) is 5.91 Å². The summed E-state index contributed by atoms with van der Waals surface area (Å²) in [5, 5.41) is 5.10. The van der Waals surface area contributed by atoms with Gasteiger partial charge in [-0.1, -0.05) is 0 Å². The van der Waals surface area contributed by atoms with Gasteiger partial charge in [0.2, 0.25) is 0 Å². The van der Waals surface area contributed by atoms with E-state index in [0.717, 1.165) is 0 Å². The molecular formula is C14H20N2O4. The van der Waals surface area contributed by atoms with Crippen molar-refractivity contribution in [1.82, 2.24) is 5.32 Å². The normalized spacial score (nSPS) is 10.7. The summed E-state index contributed by atoms with van der Waals surface area (Å²) < 4.78 is 10.3. The molecule has 1 aromatic rings. The Bertz CT molecular complexity index is 506. The number of benzene rings is 1. The molecule has 0 fully saturated rings. The topological polar surface area (TPSA) is 76.7 Å². The van der Waals surface area contributed by atoms with Crippen LogP contribution in [0.3, 0.4) is 0 Å². The van der Waals surface area contributed by atoms with E-state index in [4.69, 9.17) is 9.47 Å². The molecule has 1 aromatic carbocycles. The van der Waals surface area contributed by atoms with Gasteiger partial charge in [0.1, 0.15) is 11.4 Å². The van der Waals surface area contributed by atoms with Crippen LogP contribution in [0.4, 0.5) is 10.5 Å². The standard InChI is InChI=1S/C14H20N2O4/c1-14(2,3)20-13(18)16-10-7-6-9(12(17)15-4)8-11(10)19-5/h6-8H,1-5H3,(H,15,17)(H,16,18). The lowest BCUT2D eigenvalue weighted by atomic mass is 10.1. The van der Waals surface area contributed by atoms with Gasteiger partial charge in [-0.05, 0) is 39.0 Å². The van der Waals surface area contributed by atoms with Gasteiger partial charge in [-0.2, -0.15) is 0 Å². The predicted octanol–water partition coefficient (Wildman–Crippen LogP) is 2.40. The molecule has 6 heteroatoms. The number of hydrogen-bond donors (Lipinski definition) is 2. The zero-order valence-corrected chi connectivity index (χ0v) is 12.4. The summed E-state index contributed by atoms with van der Waals surface area (Å²) in [4.78, 5) is 23.2. The maximum Gasteiger partial charge on any atom is 0.412 e. The largest absolute Gasteiger partial charge is 0.495 e. The Kier molecular flexibility index (Phi) is 4.96. The maximum absolute atomic E-state index is 11.7. The summed E-state index contributed by atoms with van der Waals surface area (Å²) in [7, 11) is 3.00. The molecule has 0 aliphatic carbocycles. The Hall–Kier alpha value is -2.24. The monoisotopic (exact) mass is 280 g/mol. The Balaban J connectivity index is 2.91. The van der Waals surface area contributed by atoms with Crippen molar-refractivity contribution in [2.45, 2.75) is 26.4 Å². The van der Waals surface area contributed by atoms with E-state index in [9.17, 15) is 9.59 Å². The fourth-order valence-corrected chi connectivity index (χ4v) is 1.49. The molecule has 0 aliphatic rings. The molecule has 20 heavy (non-hydrogen) atoms. The number of hydrogen-bond acceptors (Lipinski definition) is 4. The van der Waals surface area contributed by atoms with Crippen LogP contribution in [-0.2, 0) is 4.74 Å². The zero-order chi connectivity index (χ0) is 15.3. The van der Waals surface area contributed by atoms with Crippen LogP contribution in [0.15, 0.2) is 18.2 Å². The number of nitrogens with one attached hydrogen (secondary N) is 2. The fourth-order valence-electron chi connectivity index (χ4n) is 1.49. The van der Waals surface area contributed by atoms with Crippen LogP contribution in [0.5, 0.6) is 5.75 Å². The molecule has 0 aliphatic heterocycles. The SMILES string of the molecule is CNC(=O)c1ccc(NC(=O)OC(C)(C)C)c(OC)c1. The van der Waals surface area contributed by atoms with Crippen LogP contribution < -0.4 is 15.4 Å². The number of rotatable bonds is 3. The van der Waals surface area contributed by atoms with Gasteiger partial charge in [0.05, 0.1) is 12.8 Å². The van der Waals surface area contributed by atoms with Crippen LogP contribution in [0.1, 0.15) is 31.1 Å². The second kappa shape index (κ2) is 6.27. The first-order valence-electron chi connectivity index (χ1n) is 6.17. The van der Waals surface area contributed by atoms with Crippen LogP contribution in [-0.4, -0.2) is 31.8 Å². The lowest BCUT2D eigenvalue weighted by molar-refractivity contribution is 0.0635. The van der Waals surface area contributed by atoms with E-state index in [0.29, 0.717) is 17.0 Å². The maximum atomic E-state index is 11.7. The van der Waals surface area contributed by atoms with Gasteiger partial charge in [-0.15, -0.1) is 0 Å². The minimum absolute atomic E-state index is 0.230. The molecule has 0 atom stereocenters. The molecular weight excluding hydrogens is 260 g/mol. The second-order valence-corrected chi connectivity index (χ2v) is 5.12. The number of anilines is 1. The molecule has 0 spiro atoms. The van der Waals surface area contributed by atoms with Crippen molar-refractivity contribution in [3.63, 3.8) is 0 Å². The van der Waals surface area contributed by atoms with Crippen LogP contribution >= 0.6 is 0 Å². The summed E-state index contributed by atoms with van der Waals surface area (Å²) in [5.74, 6) is 0.157. The molecule has 0 aromatic heterocycles. The summed E-state index contributed by atoms with van der Waals surface area (Å²) >= 11 is 0. The number of carbonyl (C=O) groups excluding carboxylic acids is 2. The molecule has 0 heterocycles. The van der Waals surface area contributed by atoms with Crippen molar-refractivity contribution < 1.29 is 19.1 Å². The van der Waals surface area contributed by atoms with Crippen LogP contribution in [0.25, 0.3) is 0 Å². The molecule has 0 bridgehead atoms. The number of carbonyl (C=O) groups is 2. The van der Waals surface area contributed by atoms with Crippen molar-refractivity contribution in [1.29, 1.82) is 0 Å². The molecule has 0 unspecified atom stereocenters. The summed E-state index contributed by atoms with van der Waals surface area (Å²) in [5.41, 5.74) is 0.299. The molecule has 0 saturated heterocycles. The lowest BCUT2D eigenvalue weighted by Crippen LogP contribution is -2.27. The van der Waals surface area contributed by atoms with E-state index in [1.165, 1.54) is 7.11 Å². The first-order chi connectivity index (χ1) is 9.26. The van der Waals surface area contributed by atoms with Gasteiger partial charge in [0.25, 0.3) is 5.91 Å². The first kappa shape index (κ1) is 15.8. The Morgan fingerprint density at radius 2 is 1.85 bits per heavy atom. The van der Waals surface area contributed by atoms with Crippen molar-refractivity contribution in [3.8, 4) is 5.75 Å². The third kappa shape index (κ3) is 4.46. The minimum Gasteiger partial charge on any atom is -0.495 e. The van der Waals surface area contributed by atoms with E-state index in [1.54, 1.807) is 46.0 Å². The molecule has 6 nitrogen and oxygen atoms in total. The minimum atomic E-state index is -0.584. The van der Waals surface area contributed by atoms with Crippen LogP contribution in [0.2, 0.25) is 0 Å². The zero-order valence-electron chi connectivity index (χ0n) is 12.4. The average Bonchev–Trinajstić information content (AvgIpc) is 2.36. The molecule has 0 saturated carbocycles. The van der Waals surface area contributed by atoms with Crippen molar-refractivity contribution in [2.24, 2.45) is 0 Å². The third-order valence-electron chi connectivity index (χ3n) is 2.33. The highest BCUT2D eigenvalue weighted by atomic mass is 16.6. The van der Waals surface area contributed by atoms with Gasteiger partial charge in [-0.25, -0.2) is 4.79 Å². The molecule has 2 N–H and O–H groups in total. The molecule has 0 radical (unpaired) electrons. The Morgan fingerprint density at radius 1 is 1.20 bits per heavy atom. The average molecular weight is 280 g/mol. The molecule has 1 rings (SSSR count). The summed E-state index contributed by atoms with van der Waals surface area (Å²) in [6, 6.07) is 4.73. The highest BCUT2D eigenvalue weighted by Gasteiger charge is 2.18. The Morgan fingerprint density at radius 3 is 2.35 bits per heavy atom. The van der Waals surface area contributed by atoms with Gasteiger partial charge >= 0.3 is 6.09 Å². The van der Waals surface area contributed by atoms with E-state index in [1.807, 2.05) is 0 Å². The first-order valence-corrected chi connectivity index (χ1v) is 6.17. The number of methoxy groups -OCH3 is 1. The van der Waals surface area contributed by atoms with Crippen LogP contribution in [0, 0.1) is 0 Å².